The van der Waals surface area contributed by atoms with Gasteiger partial charge in [-0.2, -0.15) is 0 Å². The standard InChI is InChI=1S/C16H17BrFNO/c1-10-3-6-14(11(2)19)16(7-10)20-9-12-4-5-13(18)8-15(12)17/h3-8,11H,9,19H2,1-2H3/t11-/m0/s1. The lowest BCUT2D eigenvalue weighted by atomic mass is 10.1. The van der Waals surface area contributed by atoms with Crippen molar-refractivity contribution in [3.63, 3.8) is 0 Å². The molecule has 0 unspecified atom stereocenters. The first-order valence-electron chi connectivity index (χ1n) is 6.40. The molecule has 0 amide bonds. The molecule has 0 aliphatic rings. The molecule has 1 atom stereocenters. The lowest BCUT2D eigenvalue weighted by molar-refractivity contribution is 0.300. The van der Waals surface area contributed by atoms with Crippen molar-refractivity contribution in [3.8, 4) is 5.75 Å². The van der Waals surface area contributed by atoms with Gasteiger partial charge in [0.15, 0.2) is 0 Å². The average Bonchev–Trinajstić information content (AvgIpc) is 2.37. The van der Waals surface area contributed by atoms with Crippen molar-refractivity contribution >= 4 is 15.9 Å². The quantitative estimate of drug-likeness (QED) is 0.891. The van der Waals surface area contributed by atoms with Crippen LogP contribution in [0.5, 0.6) is 5.75 Å². The smallest absolute Gasteiger partial charge is 0.124 e. The van der Waals surface area contributed by atoms with Crippen LogP contribution in [0.3, 0.4) is 0 Å². The summed E-state index contributed by atoms with van der Waals surface area (Å²) in [6.45, 7) is 4.29. The summed E-state index contributed by atoms with van der Waals surface area (Å²) >= 11 is 3.34. The Balaban J connectivity index is 2.20. The van der Waals surface area contributed by atoms with Crippen LogP contribution in [0.25, 0.3) is 0 Å². The Labute approximate surface area is 126 Å². The van der Waals surface area contributed by atoms with E-state index in [0.717, 1.165) is 22.4 Å². The van der Waals surface area contributed by atoms with Gasteiger partial charge in [0.1, 0.15) is 18.2 Å². The van der Waals surface area contributed by atoms with E-state index < -0.39 is 0 Å². The fraction of sp³-hybridized carbons (Fsp3) is 0.250. The van der Waals surface area contributed by atoms with Crippen molar-refractivity contribution in [2.75, 3.05) is 0 Å². The second kappa shape index (κ2) is 6.37. The first-order chi connectivity index (χ1) is 9.47. The van der Waals surface area contributed by atoms with Gasteiger partial charge in [-0.1, -0.05) is 34.1 Å². The first-order valence-corrected chi connectivity index (χ1v) is 7.19. The zero-order chi connectivity index (χ0) is 14.7. The van der Waals surface area contributed by atoms with Crippen molar-refractivity contribution in [2.45, 2.75) is 26.5 Å². The van der Waals surface area contributed by atoms with Gasteiger partial charge < -0.3 is 10.5 Å². The molecule has 0 aliphatic heterocycles. The summed E-state index contributed by atoms with van der Waals surface area (Å²) < 4.78 is 19.6. The maximum absolute atomic E-state index is 13.0. The largest absolute Gasteiger partial charge is 0.489 e. The van der Waals surface area contributed by atoms with Crippen molar-refractivity contribution in [1.29, 1.82) is 0 Å². The van der Waals surface area contributed by atoms with Crippen LogP contribution in [0, 0.1) is 12.7 Å². The second-order valence-corrected chi connectivity index (χ2v) is 5.71. The van der Waals surface area contributed by atoms with Gasteiger partial charge in [0, 0.05) is 21.6 Å². The van der Waals surface area contributed by atoms with E-state index >= 15 is 0 Å². The highest BCUT2D eigenvalue weighted by atomic mass is 79.9. The summed E-state index contributed by atoms with van der Waals surface area (Å²) in [6, 6.07) is 10.4. The van der Waals surface area contributed by atoms with Gasteiger partial charge in [-0.3, -0.25) is 0 Å². The third-order valence-corrected chi connectivity index (χ3v) is 3.80. The summed E-state index contributed by atoms with van der Waals surface area (Å²) in [5, 5.41) is 0. The molecule has 20 heavy (non-hydrogen) atoms. The summed E-state index contributed by atoms with van der Waals surface area (Å²) in [5.74, 6) is 0.503. The van der Waals surface area contributed by atoms with E-state index in [4.69, 9.17) is 10.5 Å². The molecular formula is C16H17BrFNO. The molecule has 0 saturated heterocycles. The maximum atomic E-state index is 13.0. The van der Waals surface area contributed by atoms with Crippen molar-refractivity contribution in [1.82, 2.24) is 0 Å². The highest BCUT2D eigenvalue weighted by molar-refractivity contribution is 9.10. The van der Waals surface area contributed by atoms with Crippen LogP contribution >= 0.6 is 15.9 Å². The third kappa shape index (κ3) is 3.58. The van der Waals surface area contributed by atoms with Crippen LogP contribution in [0.4, 0.5) is 4.39 Å². The number of ether oxygens (including phenoxy) is 1. The zero-order valence-electron chi connectivity index (χ0n) is 11.5. The second-order valence-electron chi connectivity index (χ2n) is 4.85. The lowest BCUT2D eigenvalue weighted by Gasteiger charge is -2.15. The van der Waals surface area contributed by atoms with Crippen molar-refractivity contribution in [3.05, 3.63) is 63.4 Å². The zero-order valence-corrected chi connectivity index (χ0v) is 13.1. The van der Waals surface area contributed by atoms with Crippen LogP contribution in [-0.4, -0.2) is 0 Å². The van der Waals surface area contributed by atoms with Gasteiger partial charge in [0.25, 0.3) is 0 Å². The highest BCUT2D eigenvalue weighted by Crippen LogP contribution is 2.27. The van der Waals surface area contributed by atoms with Crippen LogP contribution in [0.15, 0.2) is 40.9 Å². The molecule has 0 aliphatic carbocycles. The molecule has 0 radical (unpaired) electrons. The van der Waals surface area contributed by atoms with Gasteiger partial charge in [-0.25, -0.2) is 4.39 Å². The topological polar surface area (TPSA) is 35.2 Å². The number of hydrogen-bond acceptors (Lipinski definition) is 2. The fourth-order valence-electron chi connectivity index (χ4n) is 1.94. The molecule has 2 rings (SSSR count). The highest BCUT2D eigenvalue weighted by Gasteiger charge is 2.09. The Morgan fingerprint density at radius 2 is 2.00 bits per heavy atom. The van der Waals surface area contributed by atoms with Crippen LogP contribution in [0.2, 0.25) is 0 Å². The minimum Gasteiger partial charge on any atom is -0.489 e. The molecular weight excluding hydrogens is 321 g/mol. The van der Waals surface area contributed by atoms with E-state index in [1.807, 2.05) is 32.0 Å². The Bertz CT molecular complexity index is 613. The van der Waals surface area contributed by atoms with E-state index in [0.29, 0.717) is 11.1 Å². The van der Waals surface area contributed by atoms with Crippen LogP contribution < -0.4 is 10.5 Å². The molecule has 2 aromatic carbocycles. The van der Waals surface area contributed by atoms with Crippen LogP contribution in [0.1, 0.15) is 29.7 Å². The number of nitrogens with two attached hydrogens (primary N) is 1. The predicted molar refractivity (Wildman–Crippen MR) is 82.2 cm³/mol. The summed E-state index contributed by atoms with van der Waals surface area (Å²) in [5.41, 5.74) is 8.92. The third-order valence-electron chi connectivity index (χ3n) is 3.06. The first kappa shape index (κ1) is 15.0. The minimum atomic E-state index is -0.271. The molecule has 106 valence electrons. The van der Waals surface area contributed by atoms with E-state index in [1.165, 1.54) is 12.1 Å². The Hall–Kier alpha value is -1.39. The van der Waals surface area contributed by atoms with E-state index in [9.17, 15) is 4.39 Å². The summed E-state index contributed by atoms with van der Waals surface area (Å²) in [7, 11) is 0. The van der Waals surface area contributed by atoms with E-state index in [2.05, 4.69) is 15.9 Å². The number of halogens is 2. The molecule has 0 aromatic heterocycles. The normalized spacial score (nSPS) is 12.2. The number of rotatable bonds is 4. The molecule has 0 spiro atoms. The summed E-state index contributed by atoms with van der Waals surface area (Å²) in [6.07, 6.45) is 0. The number of benzene rings is 2. The van der Waals surface area contributed by atoms with Gasteiger partial charge in [0.05, 0.1) is 0 Å². The average molecular weight is 338 g/mol. The molecule has 2 N–H and O–H groups in total. The Morgan fingerprint density at radius 3 is 2.65 bits per heavy atom. The maximum Gasteiger partial charge on any atom is 0.124 e. The molecule has 0 saturated carbocycles. The van der Waals surface area contributed by atoms with E-state index in [-0.39, 0.29) is 11.9 Å². The molecule has 0 bridgehead atoms. The van der Waals surface area contributed by atoms with Crippen molar-refractivity contribution in [2.24, 2.45) is 5.73 Å². The molecule has 4 heteroatoms. The monoisotopic (exact) mass is 337 g/mol. The SMILES string of the molecule is Cc1ccc([C@H](C)N)c(OCc2ccc(F)cc2Br)c1. The van der Waals surface area contributed by atoms with Crippen LogP contribution in [-0.2, 0) is 6.61 Å². The Morgan fingerprint density at radius 1 is 1.25 bits per heavy atom. The fourth-order valence-corrected chi connectivity index (χ4v) is 2.40. The lowest BCUT2D eigenvalue weighted by Crippen LogP contribution is -2.08. The van der Waals surface area contributed by atoms with Crippen molar-refractivity contribution < 1.29 is 9.13 Å². The van der Waals surface area contributed by atoms with Gasteiger partial charge in [-0.05, 0) is 37.6 Å². The summed E-state index contributed by atoms with van der Waals surface area (Å²) in [4.78, 5) is 0. The number of hydrogen-bond donors (Lipinski definition) is 1. The van der Waals surface area contributed by atoms with E-state index in [1.54, 1.807) is 6.07 Å². The van der Waals surface area contributed by atoms with Gasteiger partial charge in [-0.15, -0.1) is 0 Å². The Kier molecular flexibility index (Phi) is 4.78. The number of aryl methyl sites for hydroxylation is 1. The molecule has 2 aromatic rings. The molecule has 0 fully saturated rings. The molecule has 2 nitrogen and oxygen atoms in total. The molecule has 0 heterocycles. The van der Waals surface area contributed by atoms with Gasteiger partial charge in [0.2, 0.25) is 0 Å². The van der Waals surface area contributed by atoms with Gasteiger partial charge >= 0.3 is 0 Å². The predicted octanol–water partition coefficient (Wildman–Crippen LogP) is 4.50. The minimum absolute atomic E-state index is 0.0951.